The summed E-state index contributed by atoms with van der Waals surface area (Å²) in [6.45, 7) is 2.90. The predicted octanol–water partition coefficient (Wildman–Crippen LogP) is 3.07. The number of amides is 2. The minimum Gasteiger partial charge on any atom is -0.467 e. The third-order valence-electron chi connectivity index (χ3n) is 4.20. The molecule has 0 aliphatic carbocycles. The van der Waals surface area contributed by atoms with Gasteiger partial charge in [0, 0.05) is 6.54 Å². The van der Waals surface area contributed by atoms with E-state index < -0.39 is 0 Å². The maximum Gasteiger partial charge on any atom is 0.261 e. The Morgan fingerprint density at radius 1 is 1.39 bits per heavy atom. The summed E-state index contributed by atoms with van der Waals surface area (Å²) < 4.78 is 5.51. The van der Waals surface area contributed by atoms with E-state index in [1.54, 1.807) is 12.3 Å². The number of hydrogen-bond acceptors (Lipinski definition) is 4. The van der Waals surface area contributed by atoms with Crippen molar-refractivity contribution in [3.63, 3.8) is 0 Å². The molecule has 2 atom stereocenters. The Bertz CT molecular complexity index is 651. The van der Waals surface area contributed by atoms with Crippen LogP contribution in [0.2, 0.25) is 0 Å². The molecule has 1 aliphatic heterocycles. The quantitative estimate of drug-likeness (QED) is 0.936. The number of carbonyl (C=O) groups excluding carboxylic acids is 2. The third kappa shape index (κ3) is 3.64. The van der Waals surface area contributed by atoms with E-state index in [-0.39, 0.29) is 24.4 Å². The molecule has 2 amide bonds. The fourth-order valence-electron chi connectivity index (χ4n) is 2.94. The number of thiophene rings is 1. The number of nitrogens with one attached hydrogen (secondary N) is 1. The van der Waals surface area contributed by atoms with E-state index in [0.29, 0.717) is 17.3 Å². The molecule has 1 fully saturated rings. The van der Waals surface area contributed by atoms with Crippen LogP contribution in [0.3, 0.4) is 0 Å². The fourth-order valence-corrected chi connectivity index (χ4v) is 3.58. The largest absolute Gasteiger partial charge is 0.467 e. The molecule has 23 heavy (non-hydrogen) atoms. The zero-order chi connectivity index (χ0) is 16.2. The van der Waals surface area contributed by atoms with Crippen molar-refractivity contribution in [2.45, 2.75) is 25.8 Å². The van der Waals surface area contributed by atoms with Crippen molar-refractivity contribution in [3.8, 4) is 0 Å². The molecular formula is C17H20N2O3S. The SMILES string of the molecule is C[C@@H]1CCN(C(=O)CNC(=O)c2cccs2)[C@@H](c2ccco2)C1. The molecule has 5 nitrogen and oxygen atoms in total. The number of rotatable bonds is 4. The van der Waals surface area contributed by atoms with Crippen molar-refractivity contribution in [1.82, 2.24) is 10.2 Å². The van der Waals surface area contributed by atoms with Crippen LogP contribution in [-0.4, -0.2) is 29.8 Å². The summed E-state index contributed by atoms with van der Waals surface area (Å²) in [5, 5.41) is 4.55. The monoisotopic (exact) mass is 332 g/mol. The highest BCUT2D eigenvalue weighted by molar-refractivity contribution is 7.12. The van der Waals surface area contributed by atoms with Crippen LogP contribution in [0.15, 0.2) is 40.3 Å². The zero-order valence-corrected chi connectivity index (χ0v) is 13.8. The van der Waals surface area contributed by atoms with Gasteiger partial charge in [-0.05, 0) is 42.3 Å². The molecule has 1 aliphatic rings. The Morgan fingerprint density at radius 3 is 2.96 bits per heavy atom. The lowest BCUT2D eigenvalue weighted by atomic mass is 9.91. The number of furan rings is 1. The number of nitrogens with zero attached hydrogens (tertiary/aromatic N) is 1. The van der Waals surface area contributed by atoms with Gasteiger partial charge in [-0.25, -0.2) is 0 Å². The van der Waals surface area contributed by atoms with E-state index in [2.05, 4.69) is 12.2 Å². The highest BCUT2D eigenvalue weighted by Crippen LogP contribution is 2.34. The Morgan fingerprint density at radius 2 is 2.26 bits per heavy atom. The molecule has 6 heteroatoms. The summed E-state index contributed by atoms with van der Waals surface area (Å²) in [5.74, 6) is 1.10. The van der Waals surface area contributed by atoms with Crippen molar-refractivity contribution >= 4 is 23.2 Å². The van der Waals surface area contributed by atoms with Gasteiger partial charge in [-0.1, -0.05) is 13.0 Å². The van der Waals surface area contributed by atoms with Gasteiger partial charge >= 0.3 is 0 Å². The molecule has 1 saturated heterocycles. The fraction of sp³-hybridized carbons (Fsp3) is 0.412. The van der Waals surface area contributed by atoms with Crippen molar-refractivity contribution in [1.29, 1.82) is 0 Å². The van der Waals surface area contributed by atoms with Crippen molar-refractivity contribution in [2.75, 3.05) is 13.1 Å². The zero-order valence-electron chi connectivity index (χ0n) is 13.0. The Balaban J connectivity index is 1.64. The van der Waals surface area contributed by atoms with Gasteiger partial charge in [0.05, 0.1) is 23.7 Å². The standard InChI is InChI=1S/C17H20N2O3S/c1-12-6-7-19(13(10-12)14-4-2-8-22-14)16(20)11-18-17(21)15-5-3-9-23-15/h2-5,8-9,12-13H,6-7,10-11H2,1H3,(H,18,21)/t12-,13-/m1/s1. The lowest BCUT2D eigenvalue weighted by Crippen LogP contribution is -2.45. The summed E-state index contributed by atoms with van der Waals surface area (Å²) in [6, 6.07) is 7.28. The average Bonchev–Trinajstić information content (AvgIpc) is 3.24. The molecule has 3 heterocycles. The minimum absolute atomic E-state index is 0.0162. The van der Waals surface area contributed by atoms with Crippen LogP contribution in [0.25, 0.3) is 0 Å². The van der Waals surface area contributed by atoms with Gasteiger partial charge in [0.1, 0.15) is 5.76 Å². The van der Waals surface area contributed by atoms with Crippen molar-refractivity contribution in [2.24, 2.45) is 5.92 Å². The summed E-state index contributed by atoms with van der Waals surface area (Å²) >= 11 is 1.37. The molecular weight excluding hydrogens is 312 g/mol. The summed E-state index contributed by atoms with van der Waals surface area (Å²) in [5.41, 5.74) is 0. The van der Waals surface area contributed by atoms with Gasteiger partial charge in [-0.2, -0.15) is 0 Å². The van der Waals surface area contributed by atoms with Crippen LogP contribution in [0.4, 0.5) is 0 Å². The number of piperidine rings is 1. The van der Waals surface area contributed by atoms with Gasteiger partial charge in [0.2, 0.25) is 5.91 Å². The van der Waals surface area contributed by atoms with Gasteiger partial charge in [-0.3, -0.25) is 9.59 Å². The molecule has 3 rings (SSSR count). The molecule has 0 radical (unpaired) electrons. The summed E-state index contributed by atoms with van der Waals surface area (Å²) in [6.07, 6.45) is 3.50. The molecule has 0 spiro atoms. The lowest BCUT2D eigenvalue weighted by Gasteiger charge is -2.37. The maximum absolute atomic E-state index is 12.6. The third-order valence-corrected chi connectivity index (χ3v) is 5.07. The first-order valence-electron chi connectivity index (χ1n) is 7.79. The maximum atomic E-state index is 12.6. The van der Waals surface area contributed by atoms with Crippen LogP contribution < -0.4 is 5.32 Å². The Labute approximate surface area is 139 Å². The van der Waals surface area contributed by atoms with Crippen LogP contribution in [0, 0.1) is 5.92 Å². The van der Waals surface area contributed by atoms with E-state index >= 15 is 0 Å². The van der Waals surface area contributed by atoms with Crippen molar-refractivity contribution < 1.29 is 14.0 Å². The predicted molar refractivity (Wildman–Crippen MR) is 88.2 cm³/mol. The molecule has 0 saturated carbocycles. The number of likely N-dealkylation sites (tertiary alicyclic amines) is 1. The second-order valence-electron chi connectivity index (χ2n) is 5.91. The van der Waals surface area contributed by atoms with E-state index in [4.69, 9.17) is 4.42 Å². The Hall–Kier alpha value is -2.08. The first-order valence-corrected chi connectivity index (χ1v) is 8.67. The van der Waals surface area contributed by atoms with Crippen molar-refractivity contribution in [3.05, 3.63) is 46.5 Å². The van der Waals surface area contributed by atoms with Crippen LogP contribution in [0.1, 0.15) is 41.2 Å². The molecule has 0 aromatic carbocycles. The highest BCUT2D eigenvalue weighted by atomic mass is 32.1. The van der Waals surface area contributed by atoms with Crippen LogP contribution >= 0.6 is 11.3 Å². The average molecular weight is 332 g/mol. The summed E-state index contributed by atoms with van der Waals surface area (Å²) in [4.78, 5) is 27.0. The molecule has 0 bridgehead atoms. The molecule has 2 aromatic rings. The normalized spacial score (nSPS) is 21.2. The molecule has 0 unspecified atom stereocenters. The highest BCUT2D eigenvalue weighted by Gasteiger charge is 2.32. The number of hydrogen-bond donors (Lipinski definition) is 1. The molecule has 122 valence electrons. The molecule has 1 N–H and O–H groups in total. The first kappa shape index (κ1) is 15.8. The van der Waals surface area contributed by atoms with E-state index in [9.17, 15) is 9.59 Å². The first-order chi connectivity index (χ1) is 11.1. The van der Waals surface area contributed by atoms with Crippen LogP contribution in [-0.2, 0) is 4.79 Å². The number of carbonyl (C=O) groups is 2. The molecule has 2 aromatic heterocycles. The van der Waals surface area contributed by atoms with Gasteiger partial charge in [0.15, 0.2) is 0 Å². The Kier molecular flexibility index (Phi) is 4.81. The van der Waals surface area contributed by atoms with Gasteiger partial charge < -0.3 is 14.6 Å². The lowest BCUT2D eigenvalue weighted by molar-refractivity contribution is -0.135. The van der Waals surface area contributed by atoms with E-state index in [1.807, 2.05) is 28.5 Å². The van der Waals surface area contributed by atoms with E-state index in [1.165, 1.54) is 11.3 Å². The topological polar surface area (TPSA) is 62.6 Å². The minimum atomic E-state index is -0.201. The summed E-state index contributed by atoms with van der Waals surface area (Å²) in [7, 11) is 0. The van der Waals surface area contributed by atoms with Crippen LogP contribution in [0.5, 0.6) is 0 Å². The second-order valence-corrected chi connectivity index (χ2v) is 6.86. The second kappa shape index (κ2) is 7.00. The van der Waals surface area contributed by atoms with Gasteiger partial charge in [0.25, 0.3) is 5.91 Å². The smallest absolute Gasteiger partial charge is 0.261 e. The van der Waals surface area contributed by atoms with Gasteiger partial charge in [-0.15, -0.1) is 11.3 Å². The van der Waals surface area contributed by atoms with E-state index in [0.717, 1.165) is 18.6 Å².